The number of imidazole rings is 1. The normalized spacial score (nSPS) is 10.7. The SMILES string of the molecule is O=C(Nc1ccc(-n2cnc3ccccc32)cc1)c1cc[n+]([O-])cc1. The number of nitrogens with one attached hydrogen (secondary N) is 1. The Kier molecular flexibility index (Phi) is 3.63. The van der Waals surface area contributed by atoms with Gasteiger partial charge in [0.25, 0.3) is 5.91 Å². The van der Waals surface area contributed by atoms with Crippen molar-refractivity contribution in [2.75, 3.05) is 5.32 Å². The topological polar surface area (TPSA) is 73.9 Å². The molecule has 0 fully saturated rings. The second-order valence-electron chi connectivity index (χ2n) is 5.55. The van der Waals surface area contributed by atoms with Gasteiger partial charge >= 0.3 is 0 Å². The van der Waals surface area contributed by atoms with Crippen LogP contribution in [0.4, 0.5) is 5.69 Å². The molecular weight excluding hydrogens is 316 g/mol. The first kappa shape index (κ1) is 14.9. The third kappa shape index (κ3) is 2.92. The average molecular weight is 330 g/mol. The van der Waals surface area contributed by atoms with Crippen LogP contribution in [0, 0.1) is 5.21 Å². The average Bonchev–Trinajstić information content (AvgIpc) is 3.07. The number of benzene rings is 2. The molecule has 0 aliphatic carbocycles. The van der Waals surface area contributed by atoms with Gasteiger partial charge in [0.1, 0.15) is 6.33 Å². The Morgan fingerprint density at radius 1 is 1.00 bits per heavy atom. The van der Waals surface area contributed by atoms with Crippen LogP contribution in [0.5, 0.6) is 0 Å². The highest BCUT2D eigenvalue weighted by molar-refractivity contribution is 6.04. The standard InChI is InChI=1S/C19H14N4O2/c24-19(14-9-11-22(25)12-10-14)21-15-5-7-16(8-6-15)23-13-20-17-3-1-2-4-18(17)23/h1-13H,(H,21,24). The zero-order valence-corrected chi connectivity index (χ0v) is 13.2. The van der Waals surface area contributed by atoms with E-state index in [2.05, 4.69) is 10.3 Å². The van der Waals surface area contributed by atoms with Gasteiger partial charge in [0.2, 0.25) is 0 Å². The molecule has 0 saturated heterocycles. The van der Waals surface area contributed by atoms with Crippen LogP contribution in [0.3, 0.4) is 0 Å². The van der Waals surface area contributed by atoms with Crippen LogP contribution in [0.1, 0.15) is 10.4 Å². The van der Waals surface area contributed by atoms with Gasteiger partial charge in [-0.1, -0.05) is 12.1 Å². The summed E-state index contributed by atoms with van der Waals surface area (Å²) in [5, 5.41) is 13.8. The second kappa shape index (κ2) is 6.09. The predicted molar refractivity (Wildman–Crippen MR) is 94.4 cm³/mol. The van der Waals surface area contributed by atoms with Gasteiger partial charge in [-0.3, -0.25) is 9.36 Å². The van der Waals surface area contributed by atoms with Gasteiger partial charge < -0.3 is 10.5 Å². The van der Waals surface area contributed by atoms with Crippen LogP contribution < -0.4 is 10.0 Å². The Bertz CT molecular complexity index is 1040. The number of aromatic nitrogens is 3. The molecule has 2 heterocycles. The molecule has 0 atom stereocenters. The van der Waals surface area contributed by atoms with Crippen LogP contribution >= 0.6 is 0 Å². The molecule has 0 aliphatic rings. The molecule has 0 unspecified atom stereocenters. The Labute approximate surface area is 143 Å². The number of fused-ring (bicyclic) bond motifs is 1. The van der Waals surface area contributed by atoms with E-state index in [1.54, 1.807) is 6.33 Å². The number of carbonyl (C=O) groups excluding carboxylic acids is 1. The lowest BCUT2D eigenvalue weighted by Crippen LogP contribution is -2.25. The molecule has 4 rings (SSSR count). The number of anilines is 1. The highest BCUT2D eigenvalue weighted by atomic mass is 16.5. The fraction of sp³-hybridized carbons (Fsp3) is 0. The summed E-state index contributed by atoms with van der Waals surface area (Å²) in [5.74, 6) is -0.263. The number of pyridine rings is 1. The Balaban J connectivity index is 1.56. The van der Waals surface area contributed by atoms with E-state index in [4.69, 9.17) is 0 Å². The van der Waals surface area contributed by atoms with Crippen molar-refractivity contribution in [3.8, 4) is 5.69 Å². The summed E-state index contributed by atoms with van der Waals surface area (Å²) in [6.07, 6.45) is 4.37. The molecule has 0 saturated carbocycles. The molecule has 2 aromatic carbocycles. The maximum Gasteiger partial charge on any atom is 0.256 e. The van der Waals surface area contributed by atoms with E-state index in [0.29, 0.717) is 16.0 Å². The van der Waals surface area contributed by atoms with Gasteiger partial charge in [-0.25, -0.2) is 4.98 Å². The van der Waals surface area contributed by atoms with Crippen LogP contribution in [0.25, 0.3) is 16.7 Å². The summed E-state index contributed by atoms with van der Waals surface area (Å²) in [5.41, 5.74) is 4.02. The lowest BCUT2D eigenvalue weighted by molar-refractivity contribution is -0.605. The van der Waals surface area contributed by atoms with Crippen molar-refractivity contribution >= 4 is 22.6 Å². The monoisotopic (exact) mass is 330 g/mol. The van der Waals surface area contributed by atoms with Crippen molar-refractivity contribution in [3.05, 3.63) is 90.2 Å². The molecule has 2 aromatic heterocycles. The first-order valence-electron chi connectivity index (χ1n) is 7.73. The summed E-state index contributed by atoms with van der Waals surface area (Å²) in [6.45, 7) is 0. The van der Waals surface area contributed by atoms with Gasteiger partial charge in [0.15, 0.2) is 12.4 Å². The maximum absolute atomic E-state index is 12.2. The number of hydrogen-bond donors (Lipinski definition) is 1. The summed E-state index contributed by atoms with van der Waals surface area (Å²) in [4.78, 5) is 16.6. The molecule has 0 radical (unpaired) electrons. The summed E-state index contributed by atoms with van der Waals surface area (Å²) in [6, 6.07) is 18.4. The smallest absolute Gasteiger partial charge is 0.256 e. The van der Waals surface area contributed by atoms with Crippen molar-refractivity contribution in [2.45, 2.75) is 0 Å². The summed E-state index contributed by atoms with van der Waals surface area (Å²) in [7, 11) is 0. The van der Waals surface area contributed by atoms with Crippen LogP contribution in [-0.4, -0.2) is 15.5 Å². The van der Waals surface area contributed by atoms with E-state index in [0.717, 1.165) is 16.7 Å². The van der Waals surface area contributed by atoms with Gasteiger partial charge in [-0.2, -0.15) is 4.73 Å². The fourth-order valence-corrected chi connectivity index (χ4v) is 2.64. The number of carbonyl (C=O) groups is 1. The number of nitrogens with zero attached hydrogens (tertiary/aromatic N) is 3. The number of hydrogen-bond acceptors (Lipinski definition) is 3. The summed E-state index contributed by atoms with van der Waals surface area (Å²) >= 11 is 0. The van der Waals surface area contributed by atoms with E-state index in [1.165, 1.54) is 24.5 Å². The molecule has 1 amide bonds. The minimum Gasteiger partial charge on any atom is -0.619 e. The number of amides is 1. The Morgan fingerprint density at radius 3 is 2.48 bits per heavy atom. The van der Waals surface area contributed by atoms with E-state index < -0.39 is 0 Å². The van der Waals surface area contributed by atoms with Crippen LogP contribution in [-0.2, 0) is 0 Å². The molecule has 25 heavy (non-hydrogen) atoms. The van der Waals surface area contributed by atoms with E-state index in [1.807, 2.05) is 53.1 Å². The minimum atomic E-state index is -0.263. The third-order valence-corrected chi connectivity index (χ3v) is 3.92. The Hall–Kier alpha value is -3.67. The third-order valence-electron chi connectivity index (χ3n) is 3.92. The highest BCUT2D eigenvalue weighted by Gasteiger charge is 2.08. The molecule has 6 heteroatoms. The second-order valence-corrected chi connectivity index (χ2v) is 5.55. The van der Waals surface area contributed by atoms with Crippen LogP contribution in [0.2, 0.25) is 0 Å². The van der Waals surface area contributed by atoms with Gasteiger partial charge in [-0.15, -0.1) is 0 Å². The largest absolute Gasteiger partial charge is 0.619 e. The summed E-state index contributed by atoms with van der Waals surface area (Å²) < 4.78 is 2.63. The van der Waals surface area contributed by atoms with Crippen molar-refractivity contribution in [1.82, 2.24) is 9.55 Å². The molecule has 122 valence electrons. The predicted octanol–water partition coefficient (Wildman–Crippen LogP) is 2.91. The number of rotatable bonds is 3. The van der Waals surface area contributed by atoms with Crippen molar-refractivity contribution in [2.24, 2.45) is 0 Å². The first-order chi connectivity index (χ1) is 12.2. The minimum absolute atomic E-state index is 0.263. The van der Waals surface area contributed by atoms with Gasteiger partial charge in [-0.05, 0) is 36.4 Å². The molecule has 0 bridgehead atoms. The van der Waals surface area contributed by atoms with Crippen molar-refractivity contribution in [3.63, 3.8) is 0 Å². The quantitative estimate of drug-likeness (QED) is 0.464. The molecule has 1 N–H and O–H groups in total. The molecule has 4 aromatic rings. The van der Waals surface area contributed by atoms with Gasteiger partial charge in [0.05, 0.1) is 16.6 Å². The fourth-order valence-electron chi connectivity index (χ4n) is 2.64. The van der Waals surface area contributed by atoms with E-state index >= 15 is 0 Å². The maximum atomic E-state index is 12.2. The van der Waals surface area contributed by atoms with E-state index in [-0.39, 0.29) is 5.91 Å². The molecular formula is C19H14N4O2. The van der Waals surface area contributed by atoms with Gasteiger partial charge in [0, 0.05) is 23.5 Å². The lowest BCUT2D eigenvalue weighted by Gasteiger charge is -2.08. The van der Waals surface area contributed by atoms with E-state index in [9.17, 15) is 10.0 Å². The van der Waals surface area contributed by atoms with Crippen molar-refractivity contribution < 1.29 is 9.52 Å². The zero-order chi connectivity index (χ0) is 17.2. The van der Waals surface area contributed by atoms with Crippen LogP contribution in [0.15, 0.2) is 79.4 Å². The zero-order valence-electron chi connectivity index (χ0n) is 13.2. The molecule has 0 aliphatic heterocycles. The molecule has 0 spiro atoms. The highest BCUT2D eigenvalue weighted by Crippen LogP contribution is 2.19. The lowest BCUT2D eigenvalue weighted by atomic mass is 10.2. The molecule has 6 nitrogen and oxygen atoms in total. The number of para-hydroxylation sites is 2. The Morgan fingerprint density at radius 2 is 1.72 bits per heavy atom. The van der Waals surface area contributed by atoms with Crippen molar-refractivity contribution in [1.29, 1.82) is 0 Å². The first-order valence-corrected chi connectivity index (χ1v) is 7.73.